The summed E-state index contributed by atoms with van der Waals surface area (Å²) in [5.74, 6) is 0.104. The number of nitrogens with two attached hydrogens (primary N) is 1. The highest BCUT2D eigenvalue weighted by atomic mass is 19.3. The summed E-state index contributed by atoms with van der Waals surface area (Å²) >= 11 is 0. The van der Waals surface area contributed by atoms with Crippen LogP contribution in [0.25, 0.3) is 0 Å². The molecule has 2 unspecified atom stereocenters. The summed E-state index contributed by atoms with van der Waals surface area (Å²) in [5, 5.41) is 2.89. The lowest BCUT2D eigenvalue weighted by molar-refractivity contribution is -0.119. The van der Waals surface area contributed by atoms with Gasteiger partial charge < -0.3 is 11.1 Å². The minimum Gasteiger partial charge on any atom is -0.369 e. The van der Waals surface area contributed by atoms with Crippen molar-refractivity contribution in [1.82, 2.24) is 10.2 Å². The number of alkyl halides is 2. The quantitative estimate of drug-likeness (QED) is 0.701. The highest BCUT2D eigenvalue weighted by molar-refractivity contribution is 5.75. The molecule has 0 aromatic rings. The molecule has 0 radical (unpaired) electrons. The van der Waals surface area contributed by atoms with E-state index in [9.17, 15) is 13.6 Å². The molecule has 1 heterocycles. The van der Waals surface area contributed by atoms with E-state index in [0.29, 0.717) is 12.5 Å². The maximum atomic E-state index is 12.2. The van der Waals surface area contributed by atoms with E-state index in [1.807, 2.05) is 4.90 Å². The standard InChI is InChI=1S/C13H25F2N3O/c1-2-3-4-10-5-11(17-6-12(14)15)8-18(7-10)9-13(16)19/h10-12,17H,2-9H2,1H3,(H2,16,19). The number of amides is 1. The number of piperidine rings is 1. The second-order valence-electron chi connectivity index (χ2n) is 5.40. The Morgan fingerprint density at radius 2 is 2.21 bits per heavy atom. The normalized spacial score (nSPS) is 24.8. The number of carbonyl (C=O) groups excluding carboxylic acids is 1. The molecule has 1 amide bonds. The molecule has 1 aliphatic heterocycles. The molecular weight excluding hydrogens is 252 g/mol. The first-order valence-corrected chi connectivity index (χ1v) is 7.03. The summed E-state index contributed by atoms with van der Waals surface area (Å²) in [4.78, 5) is 13.0. The lowest BCUT2D eigenvalue weighted by atomic mass is 9.90. The fourth-order valence-electron chi connectivity index (χ4n) is 2.76. The number of primary amides is 1. The zero-order chi connectivity index (χ0) is 14.3. The van der Waals surface area contributed by atoms with Crippen LogP contribution >= 0.6 is 0 Å². The molecule has 1 rings (SSSR count). The third-order valence-corrected chi connectivity index (χ3v) is 3.52. The van der Waals surface area contributed by atoms with E-state index in [1.165, 1.54) is 0 Å². The van der Waals surface area contributed by atoms with Gasteiger partial charge in [-0.05, 0) is 18.8 Å². The smallest absolute Gasteiger partial charge is 0.250 e. The fraction of sp³-hybridized carbons (Fsp3) is 0.923. The molecule has 0 aromatic carbocycles. The van der Waals surface area contributed by atoms with Crippen molar-refractivity contribution < 1.29 is 13.6 Å². The average molecular weight is 277 g/mol. The van der Waals surface area contributed by atoms with Crippen LogP contribution in [0.5, 0.6) is 0 Å². The predicted molar refractivity (Wildman–Crippen MR) is 71.1 cm³/mol. The molecular formula is C13H25F2N3O. The topological polar surface area (TPSA) is 58.4 Å². The van der Waals surface area contributed by atoms with E-state index in [0.717, 1.165) is 32.2 Å². The Morgan fingerprint density at radius 1 is 1.47 bits per heavy atom. The maximum absolute atomic E-state index is 12.2. The number of nitrogens with one attached hydrogen (secondary N) is 1. The van der Waals surface area contributed by atoms with Crippen molar-refractivity contribution in [3.63, 3.8) is 0 Å². The molecule has 1 fully saturated rings. The lowest BCUT2D eigenvalue weighted by Gasteiger charge is -2.37. The molecule has 0 saturated carbocycles. The average Bonchev–Trinajstić information content (AvgIpc) is 2.33. The molecule has 19 heavy (non-hydrogen) atoms. The first-order valence-electron chi connectivity index (χ1n) is 7.03. The Bertz CT molecular complexity index is 277. The first kappa shape index (κ1) is 16.3. The van der Waals surface area contributed by atoms with Crippen LogP contribution in [-0.4, -0.2) is 49.5 Å². The Balaban J connectivity index is 2.47. The minimum atomic E-state index is -2.33. The van der Waals surface area contributed by atoms with Crippen LogP contribution in [0.2, 0.25) is 0 Å². The van der Waals surface area contributed by atoms with Gasteiger partial charge >= 0.3 is 0 Å². The van der Waals surface area contributed by atoms with Gasteiger partial charge in [0, 0.05) is 19.1 Å². The number of halogens is 2. The Morgan fingerprint density at radius 3 is 2.79 bits per heavy atom. The first-order chi connectivity index (χ1) is 9.01. The summed E-state index contributed by atoms with van der Waals surface area (Å²) < 4.78 is 24.5. The van der Waals surface area contributed by atoms with Crippen molar-refractivity contribution in [1.29, 1.82) is 0 Å². The van der Waals surface area contributed by atoms with Crippen molar-refractivity contribution in [2.24, 2.45) is 11.7 Å². The van der Waals surface area contributed by atoms with E-state index >= 15 is 0 Å². The highest BCUT2D eigenvalue weighted by Crippen LogP contribution is 2.22. The number of likely N-dealkylation sites (tertiary alicyclic amines) is 1. The van der Waals surface area contributed by atoms with Crippen molar-refractivity contribution >= 4 is 5.91 Å². The van der Waals surface area contributed by atoms with Gasteiger partial charge in [-0.15, -0.1) is 0 Å². The molecule has 2 atom stereocenters. The van der Waals surface area contributed by atoms with Crippen LogP contribution in [0.3, 0.4) is 0 Å². The zero-order valence-electron chi connectivity index (χ0n) is 11.6. The molecule has 0 spiro atoms. The second kappa shape index (κ2) is 8.43. The maximum Gasteiger partial charge on any atom is 0.250 e. The zero-order valence-corrected chi connectivity index (χ0v) is 11.6. The minimum absolute atomic E-state index is 0.0314. The third kappa shape index (κ3) is 6.82. The molecule has 4 nitrogen and oxygen atoms in total. The van der Waals surface area contributed by atoms with Crippen LogP contribution in [-0.2, 0) is 4.79 Å². The lowest BCUT2D eigenvalue weighted by Crippen LogP contribution is -2.52. The van der Waals surface area contributed by atoms with Gasteiger partial charge in [-0.2, -0.15) is 0 Å². The van der Waals surface area contributed by atoms with E-state index in [4.69, 9.17) is 5.73 Å². The molecule has 0 aromatic heterocycles. The monoisotopic (exact) mass is 277 g/mol. The van der Waals surface area contributed by atoms with E-state index in [2.05, 4.69) is 12.2 Å². The van der Waals surface area contributed by atoms with Crippen LogP contribution in [0, 0.1) is 5.92 Å². The van der Waals surface area contributed by atoms with E-state index in [1.54, 1.807) is 0 Å². The fourth-order valence-corrected chi connectivity index (χ4v) is 2.76. The molecule has 0 bridgehead atoms. The van der Waals surface area contributed by atoms with E-state index < -0.39 is 6.43 Å². The molecule has 6 heteroatoms. The van der Waals surface area contributed by atoms with Crippen molar-refractivity contribution in [3.05, 3.63) is 0 Å². The molecule has 1 saturated heterocycles. The van der Waals surface area contributed by atoms with Gasteiger partial charge in [0.1, 0.15) is 0 Å². The summed E-state index contributed by atoms with van der Waals surface area (Å²) in [6.07, 6.45) is 1.92. The Labute approximate surface area is 113 Å². The van der Waals surface area contributed by atoms with E-state index in [-0.39, 0.29) is 25.0 Å². The Hall–Kier alpha value is -0.750. The summed E-state index contributed by atoms with van der Waals surface area (Å²) in [6, 6.07) is 0.0314. The van der Waals surface area contributed by atoms with Gasteiger partial charge in [0.15, 0.2) is 0 Å². The van der Waals surface area contributed by atoms with Gasteiger partial charge in [0.05, 0.1) is 13.1 Å². The summed E-state index contributed by atoms with van der Waals surface area (Å²) in [5.41, 5.74) is 5.22. The van der Waals surface area contributed by atoms with Crippen molar-refractivity contribution in [3.8, 4) is 0 Å². The SMILES string of the molecule is CCCCC1CC(NCC(F)F)CN(CC(N)=O)C1. The van der Waals surface area contributed by atoms with Crippen LogP contribution in [0.4, 0.5) is 8.78 Å². The molecule has 112 valence electrons. The number of hydrogen-bond donors (Lipinski definition) is 2. The number of unbranched alkanes of at least 4 members (excludes halogenated alkanes) is 1. The van der Waals surface area contributed by atoms with Gasteiger partial charge in [0.25, 0.3) is 6.43 Å². The third-order valence-electron chi connectivity index (χ3n) is 3.52. The Kier molecular flexibility index (Phi) is 7.23. The number of nitrogens with zero attached hydrogens (tertiary/aromatic N) is 1. The largest absolute Gasteiger partial charge is 0.369 e. The van der Waals surface area contributed by atoms with Crippen LogP contribution in [0.1, 0.15) is 32.6 Å². The van der Waals surface area contributed by atoms with Gasteiger partial charge in [-0.3, -0.25) is 9.69 Å². The van der Waals surface area contributed by atoms with Crippen LogP contribution in [0.15, 0.2) is 0 Å². The molecule has 1 aliphatic rings. The summed E-state index contributed by atoms with van der Waals surface area (Å²) in [7, 11) is 0. The van der Waals surface area contributed by atoms with Crippen molar-refractivity contribution in [2.45, 2.75) is 45.1 Å². The van der Waals surface area contributed by atoms with Gasteiger partial charge in [-0.25, -0.2) is 8.78 Å². The summed E-state index contributed by atoms with van der Waals surface area (Å²) in [6.45, 7) is 3.54. The number of hydrogen-bond acceptors (Lipinski definition) is 3. The molecule has 0 aliphatic carbocycles. The number of rotatable bonds is 8. The van der Waals surface area contributed by atoms with Gasteiger partial charge in [0.2, 0.25) is 5.91 Å². The van der Waals surface area contributed by atoms with Crippen molar-refractivity contribution in [2.75, 3.05) is 26.2 Å². The predicted octanol–water partition coefficient (Wildman–Crippen LogP) is 1.21. The van der Waals surface area contributed by atoms with Gasteiger partial charge in [-0.1, -0.05) is 19.8 Å². The highest BCUT2D eigenvalue weighted by Gasteiger charge is 2.27. The molecule has 3 N–H and O–H groups in total. The second-order valence-corrected chi connectivity index (χ2v) is 5.40. The van der Waals surface area contributed by atoms with Crippen LogP contribution < -0.4 is 11.1 Å². The number of carbonyl (C=O) groups is 1.